The summed E-state index contributed by atoms with van der Waals surface area (Å²) in [6.45, 7) is 3.88. The van der Waals surface area contributed by atoms with E-state index in [-0.39, 0.29) is 41.6 Å². The van der Waals surface area contributed by atoms with Crippen molar-refractivity contribution in [3.63, 3.8) is 0 Å². The SMILES string of the molecule is COc1ccc(C[C@@H]([C@H](O)C(CC(C)C)c2c3c(cc(-c4ccc5c(c4)OCO5)c2S(=O)(=O)O)-c2ccccc2C3)N(N)C(=O)O)cc1. The van der Waals surface area contributed by atoms with Gasteiger partial charge in [-0.05, 0) is 94.5 Å². The number of hydrogen-bond acceptors (Lipinski definition) is 8. The summed E-state index contributed by atoms with van der Waals surface area (Å²) in [5.41, 5.74) is 4.85. The smallest absolute Gasteiger partial charge is 0.421 e. The molecule has 5 N–H and O–H groups in total. The number of aliphatic hydroxyl groups is 1. The van der Waals surface area contributed by atoms with Crippen LogP contribution in [0.4, 0.5) is 4.79 Å². The molecule has 0 radical (unpaired) electrons. The molecule has 1 aliphatic carbocycles. The van der Waals surface area contributed by atoms with Crippen molar-refractivity contribution in [1.82, 2.24) is 5.01 Å². The van der Waals surface area contributed by atoms with Crippen molar-refractivity contribution < 1.29 is 42.2 Å². The summed E-state index contributed by atoms with van der Waals surface area (Å²) in [5.74, 6) is 6.63. The highest BCUT2D eigenvalue weighted by Gasteiger charge is 2.41. The van der Waals surface area contributed by atoms with E-state index in [1.807, 2.05) is 38.1 Å². The highest BCUT2D eigenvalue weighted by molar-refractivity contribution is 7.86. The van der Waals surface area contributed by atoms with Gasteiger partial charge in [0, 0.05) is 11.5 Å². The fourth-order valence-corrected chi connectivity index (χ4v) is 7.97. The molecule has 3 atom stereocenters. The minimum absolute atomic E-state index is 0.0180. The molecule has 2 aliphatic rings. The van der Waals surface area contributed by atoms with Crippen LogP contribution < -0.4 is 20.1 Å². The first-order chi connectivity index (χ1) is 22.9. The number of nitrogens with two attached hydrogens (primary N) is 1. The van der Waals surface area contributed by atoms with Crippen LogP contribution in [-0.2, 0) is 23.0 Å². The van der Waals surface area contributed by atoms with E-state index in [0.717, 1.165) is 16.7 Å². The number of hydrogen-bond donors (Lipinski definition) is 4. The molecule has 0 bridgehead atoms. The number of nitrogens with zero attached hydrogens (tertiary/aromatic N) is 1. The van der Waals surface area contributed by atoms with Crippen molar-refractivity contribution >= 4 is 16.2 Å². The Morgan fingerprint density at radius 2 is 1.69 bits per heavy atom. The van der Waals surface area contributed by atoms with Gasteiger partial charge < -0.3 is 24.4 Å². The molecule has 0 fully saturated rings. The third-order valence-electron chi connectivity index (χ3n) is 9.13. The van der Waals surface area contributed by atoms with E-state index in [2.05, 4.69) is 0 Å². The van der Waals surface area contributed by atoms with Gasteiger partial charge in [-0.3, -0.25) is 4.55 Å². The minimum Gasteiger partial charge on any atom is -0.497 e. The van der Waals surface area contributed by atoms with Crippen molar-refractivity contribution in [2.45, 2.75) is 56.1 Å². The van der Waals surface area contributed by atoms with Gasteiger partial charge in [-0.25, -0.2) is 15.6 Å². The standard InChI is InChI=1S/C36H38N2O9S/c1-20(2)14-29(34(39)30(38(37)36(40)41)15-21-8-11-24(45-3)12-9-21)33-28-16-22-6-4-5-7-25(22)27(28)18-26(35(33)48(42,43)44)23-10-13-31-32(17-23)47-19-46-31/h4-13,17-18,20,29-30,34,39H,14-16,19,37H2,1-3H3,(H,40,41)(H,42,43,44)/t29?,30-,34+/m0/s1. The highest BCUT2D eigenvalue weighted by atomic mass is 32.2. The van der Waals surface area contributed by atoms with Gasteiger partial charge in [0.2, 0.25) is 6.79 Å². The van der Waals surface area contributed by atoms with Crippen LogP contribution in [0.15, 0.2) is 77.7 Å². The zero-order valence-corrected chi connectivity index (χ0v) is 27.6. The molecule has 1 aliphatic heterocycles. The summed E-state index contributed by atoms with van der Waals surface area (Å²) in [6, 6.07) is 20.3. The number of fused-ring (bicyclic) bond motifs is 4. The van der Waals surface area contributed by atoms with Crippen LogP contribution in [0.2, 0.25) is 0 Å². The largest absolute Gasteiger partial charge is 0.497 e. The normalized spacial score (nSPS) is 15.1. The van der Waals surface area contributed by atoms with Crippen molar-refractivity contribution in [3.05, 3.63) is 95.1 Å². The van der Waals surface area contributed by atoms with Crippen molar-refractivity contribution in [1.29, 1.82) is 0 Å². The molecule has 0 saturated heterocycles. The quantitative estimate of drug-likeness (QED) is 0.0576. The lowest BCUT2D eigenvalue weighted by Crippen LogP contribution is -2.53. The van der Waals surface area contributed by atoms with Gasteiger partial charge in [0.05, 0.1) is 19.3 Å². The second-order valence-corrected chi connectivity index (χ2v) is 14.0. The Morgan fingerprint density at radius 3 is 2.35 bits per heavy atom. The number of ether oxygens (including phenoxy) is 3. The highest BCUT2D eigenvalue weighted by Crippen LogP contribution is 2.50. The second-order valence-electron chi connectivity index (χ2n) is 12.6. The lowest BCUT2D eigenvalue weighted by Gasteiger charge is -2.37. The molecule has 4 aromatic carbocycles. The Labute approximate surface area is 279 Å². The van der Waals surface area contributed by atoms with Crippen molar-refractivity contribution in [2.75, 3.05) is 13.9 Å². The first-order valence-electron chi connectivity index (χ1n) is 15.6. The lowest BCUT2D eigenvalue weighted by molar-refractivity contribution is 0.0273. The molecule has 0 spiro atoms. The maximum absolute atomic E-state index is 13.6. The second kappa shape index (κ2) is 13.1. The number of benzene rings is 4. The first-order valence-corrected chi connectivity index (χ1v) is 17.0. The fraction of sp³-hybridized carbons (Fsp3) is 0.306. The maximum atomic E-state index is 13.6. The minimum atomic E-state index is -4.94. The molecular weight excluding hydrogens is 636 g/mol. The average Bonchev–Trinajstić information content (AvgIpc) is 3.68. The third kappa shape index (κ3) is 6.31. The summed E-state index contributed by atoms with van der Waals surface area (Å²) in [4.78, 5) is 12.0. The van der Waals surface area contributed by atoms with E-state index in [0.29, 0.717) is 45.4 Å². The molecule has 4 aromatic rings. The molecule has 252 valence electrons. The summed E-state index contributed by atoms with van der Waals surface area (Å²) in [7, 11) is -3.40. The number of aliphatic hydroxyl groups excluding tert-OH is 1. The Kier molecular flexibility index (Phi) is 9.10. The number of carboxylic acid groups (broad SMARTS) is 1. The number of amides is 1. The van der Waals surface area contributed by atoms with Crippen LogP contribution >= 0.6 is 0 Å². The Hall–Kier alpha value is -4.62. The molecule has 0 saturated carbocycles. The zero-order valence-electron chi connectivity index (χ0n) is 26.8. The van der Waals surface area contributed by atoms with E-state index in [1.54, 1.807) is 48.5 Å². The average molecular weight is 675 g/mol. The van der Waals surface area contributed by atoms with E-state index in [4.69, 9.17) is 20.1 Å². The van der Waals surface area contributed by atoms with E-state index in [1.165, 1.54) is 7.11 Å². The topological polar surface area (TPSA) is 169 Å². The van der Waals surface area contributed by atoms with Gasteiger partial charge >= 0.3 is 6.09 Å². The molecule has 48 heavy (non-hydrogen) atoms. The van der Waals surface area contributed by atoms with Crippen LogP contribution in [0.5, 0.6) is 17.2 Å². The molecule has 1 heterocycles. The van der Waals surface area contributed by atoms with Gasteiger partial charge in [0.15, 0.2) is 11.5 Å². The predicted molar refractivity (Wildman–Crippen MR) is 179 cm³/mol. The number of methoxy groups -OCH3 is 1. The molecule has 0 aromatic heterocycles. The van der Waals surface area contributed by atoms with E-state index in [9.17, 15) is 28.0 Å². The Morgan fingerprint density at radius 1 is 0.979 bits per heavy atom. The van der Waals surface area contributed by atoms with Gasteiger partial charge in [-0.2, -0.15) is 8.42 Å². The van der Waals surface area contributed by atoms with E-state index < -0.39 is 34.3 Å². The van der Waals surface area contributed by atoms with Crippen molar-refractivity contribution in [3.8, 4) is 39.5 Å². The number of rotatable bonds is 11. The van der Waals surface area contributed by atoms with Crippen LogP contribution in [0.25, 0.3) is 22.3 Å². The number of carbonyl (C=O) groups is 1. The fourth-order valence-electron chi connectivity index (χ4n) is 6.96. The molecule has 1 amide bonds. The van der Waals surface area contributed by atoms with E-state index >= 15 is 0 Å². The van der Waals surface area contributed by atoms with Gasteiger partial charge in [-0.15, -0.1) is 0 Å². The maximum Gasteiger partial charge on any atom is 0.421 e. The lowest BCUT2D eigenvalue weighted by atomic mass is 9.77. The number of hydrazine groups is 1. The van der Waals surface area contributed by atoms with Crippen LogP contribution in [0, 0.1) is 5.92 Å². The van der Waals surface area contributed by atoms with Gasteiger partial charge in [0.1, 0.15) is 10.6 Å². The molecule has 11 nitrogen and oxygen atoms in total. The summed E-state index contributed by atoms with van der Waals surface area (Å²) < 4.78 is 54.6. The first kappa shape index (κ1) is 33.3. The molecule has 1 unspecified atom stereocenters. The van der Waals surface area contributed by atoms with Crippen LogP contribution in [0.1, 0.15) is 48.4 Å². The monoisotopic (exact) mass is 674 g/mol. The zero-order chi connectivity index (χ0) is 34.3. The van der Waals surface area contributed by atoms with Crippen molar-refractivity contribution in [2.24, 2.45) is 11.8 Å². The van der Waals surface area contributed by atoms with Crippen LogP contribution in [-0.4, -0.2) is 60.3 Å². The summed E-state index contributed by atoms with van der Waals surface area (Å²) in [6.07, 6.45) is -2.33. The van der Waals surface area contributed by atoms with Gasteiger partial charge in [0.25, 0.3) is 10.1 Å². The van der Waals surface area contributed by atoms with Crippen LogP contribution in [0.3, 0.4) is 0 Å². The predicted octanol–water partition coefficient (Wildman–Crippen LogP) is 5.86. The summed E-state index contributed by atoms with van der Waals surface area (Å²) in [5, 5.41) is 23.0. The molecule has 12 heteroatoms. The Balaban J connectivity index is 1.60. The molecule has 6 rings (SSSR count). The third-order valence-corrected chi connectivity index (χ3v) is 10.1. The Bertz CT molecular complexity index is 1960. The molecular formula is C36H38N2O9S. The summed E-state index contributed by atoms with van der Waals surface area (Å²) >= 11 is 0. The van der Waals surface area contributed by atoms with Gasteiger partial charge in [-0.1, -0.05) is 56.3 Å².